The number of ether oxygens (including phenoxy) is 3. The first-order valence-corrected chi connectivity index (χ1v) is 17.6. The lowest BCUT2D eigenvalue weighted by molar-refractivity contribution is -0.140. The van der Waals surface area contributed by atoms with E-state index in [4.69, 9.17) is 14.2 Å². The summed E-state index contributed by atoms with van der Waals surface area (Å²) < 4.78 is 17.7. The van der Waals surface area contributed by atoms with Crippen molar-refractivity contribution in [3.8, 4) is 11.5 Å². The van der Waals surface area contributed by atoms with E-state index in [2.05, 4.69) is 29.1 Å². The molecule has 2 bridgehead atoms. The molecule has 1 spiro atoms. The van der Waals surface area contributed by atoms with Crippen molar-refractivity contribution in [3.05, 3.63) is 73.8 Å². The van der Waals surface area contributed by atoms with Crippen LogP contribution in [-0.4, -0.2) is 90.3 Å². The zero-order valence-corrected chi connectivity index (χ0v) is 29.3. The summed E-state index contributed by atoms with van der Waals surface area (Å²) in [4.78, 5) is 48.8. The Morgan fingerprint density at radius 2 is 1.56 bits per heavy atom. The van der Waals surface area contributed by atoms with Gasteiger partial charge in [0.25, 0.3) is 5.91 Å². The lowest BCUT2D eigenvalue weighted by Gasteiger charge is -2.37. The largest absolute Gasteiger partial charge is 0.497 e. The Morgan fingerprint density at radius 1 is 0.979 bits per heavy atom. The first-order valence-electron chi connectivity index (χ1n) is 16.7. The number of nitrogens with zero attached hydrogens (tertiary/aromatic N) is 3. The van der Waals surface area contributed by atoms with Crippen molar-refractivity contribution >= 4 is 45.0 Å². The summed E-state index contributed by atoms with van der Waals surface area (Å²) in [5, 5.41) is 9.28. The molecule has 3 aliphatic heterocycles. The molecule has 10 nitrogen and oxygen atoms in total. The van der Waals surface area contributed by atoms with Crippen molar-refractivity contribution in [2.45, 2.75) is 61.6 Å². The Hall–Kier alpha value is -3.67. The van der Waals surface area contributed by atoms with Crippen LogP contribution in [0.3, 0.4) is 0 Å². The van der Waals surface area contributed by atoms with Gasteiger partial charge >= 0.3 is 0 Å². The normalized spacial score (nSPS) is 25.5. The molecular formula is C37H46BrN3O7. The molecule has 1 N–H and O–H groups in total. The molecule has 3 saturated heterocycles. The van der Waals surface area contributed by atoms with Gasteiger partial charge in [-0.25, -0.2) is 0 Å². The second-order valence-electron chi connectivity index (χ2n) is 12.4. The van der Waals surface area contributed by atoms with Crippen molar-refractivity contribution in [2.24, 2.45) is 11.8 Å². The fourth-order valence-corrected chi connectivity index (χ4v) is 8.50. The molecular weight excluding hydrogens is 678 g/mol. The monoisotopic (exact) mass is 723 g/mol. The number of hydrogen-bond donors (Lipinski definition) is 1. The number of hydrogen-bond acceptors (Lipinski definition) is 7. The van der Waals surface area contributed by atoms with Crippen LogP contribution in [0.1, 0.15) is 39.0 Å². The molecule has 0 saturated carbocycles. The van der Waals surface area contributed by atoms with Crippen LogP contribution in [0.25, 0.3) is 0 Å². The number of carbonyl (C=O) groups excluding carboxylic acids is 3. The highest BCUT2D eigenvalue weighted by Crippen LogP contribution is 2.60. The highest BCUT2D eigenvalue weighted by molar-refractivity contribution is 9.09. The van der Waals surface area contributed by atoms with Crippen LogP contribution in [0.4, 0.5) is 11.4 Å². The number of fused-ring (bicyclic) bond motifs is 1. The smallest absolute Gasteiger partial charge is 0.253 e. The van der Waals surface area contributed by atoms with E-state index in [1.54, 1.807) is 46.1 Å². The van der Waals surface area contributed by atoms with Gasteiger partial charge in [0.05, 0.1) is 31.7 Å². The van der Waals surface area contributed by atoms with Crippen molar-refractivity contribution in [1.29, 1.82) is 0 Å². The summed E-state index contributed by atoms with van der Waals surface area (Å²) in [5.41, 5.74) is 0.0871. The molecule has 3 fully saturated rings. The van der Waals surface area contributed by atoms with Crippen molar-refractivity contribution in [2.75, 3.05) is 49.8 Å². The summed E-state index contributed by atoms with van der Waals surface area (Å²) in [5.74, 6) is -1.08. The molecule has 48 heavy (non-hydrogen) atoms. The minimum absolute atomic E-state index is 0.106. The molecule has 0 aromatic heterocycles. The minimum atomic E-state index is -1.21. The maximum absolute atomic E-state index is 14.8. The Kier molecular flexibility index (Phi) is 11.7. The van der Waals surface area contributed by atoms with Crippen LogP contribution in [-0.2, 0) is 19.1 Å². The number of amides is 3. The number of carbonyl (C=O) groups is 3. The molecule has 258 valence electrons. The maximum Gasteiger partial charge on any atom is 0.253 e. The van der Waals surface area contributed by atoms with Gasteiger partial charge in [-0.15, -0.1) is 13.2 Å². The number of aliphatic hydroxyl groups is 1. The Bertz CT molecular complexity index is 1470. The number of methoxy groups -OCH3 is 1. The Labute approximate surface area is 291 Å². The molecule has 2 aromatic carbocycles. The van der Waals surface area contributed by atoms with E-state index in [0.717, 1.165) is 12.8 Å². The first kappa shape index (κ1) is 35.6. The second kappa shape index (κ2) is 15.7. The van der Waals surface area contributed by atoms with Crippen LogP contribution in [0.2, 0.25) is 0 Å². The van der Waals surface area contributed by atoms with E-state index in [1.807, 2.05) is 43.3 Å². The summed E-state index contributed by atoms with van der Waals surface area (Å²) >= 11 is 3.79. The van der Waals surface area contributed by atoms with E-state index in [-0.39, 0.29) is 42.2 Å². The zero-order valence-electron chi connectivity index (χ0n) is 27.8. The van der Waals surface area contributed by atoms with E-state index in [9.17, 15) is 19.5 Å². The fraction of sp³-hybridized carbons (Fsp3) is 0.486. The van der Waals surface area contributed by atoms with E-state index < -0.39 is 29.6 Å². The predicted molar refractivity (Wildman–Crippen MR) is 189 cm³/mol. The van der Waals surface area contributed by atoms with Crippen LogP contribution >= 0.6 is 15.9 Å². The maximum atomic E-state index is 14.8. The van der Waals surface area contributed by atoms with Gasteiger partial charge in [-0.2, -0.15) is 0 Å². The first-order chi connectivity index (χ1) is 23.3. The number of alkyl halides is 1. The molecule has 6 atom stereocenters. The summed E-state index contributed by atoms with van der Waals surface area (Å²) in [7, 11) is 1.58. The standard InChI is InChI=1S/C37H46BrN3O7/c1-5-20-39(25-14-18-28(19-15-25)47-7-3)34(43)30-31-35(44)41(22-10-8-9-11-23-42)33(37(31)24-29(38)32(30)48-37)36(45)40(21-6-2)26-12-16-27(46-4)17-13-26/h5-6,12-19,29-33,42H,1-2,7-11,20-24H2,3-4H3/t29?,30-,31+,32-,33?,37?/m1/s1. The van der Waals surface area contributed by atoms with Gasteiger partial charge in [0.15, 0.2) is 0 Å². The highest BCUT2D eigenvalue weighted by Gasteiger charge is 2.77. The van der Waals surface area contributed by atoms with Crippen LogP contribution in [0.5, 0.6) is 11.5 Å². The third-order valence-corrected chi connectivity index (χ3v) is 10.5. The molecule has 3 unspecified atom stereocenters. The summed E-state index contributed by atoms with van der Waals surface area (Å²) in [6.07, 6.45) is 6.04. The lowest BCUT2D eigenvalue weighted by Crippen LogP contribution is -2.57. The molecule has 5 rings (SSSR count). The SMILES string of the molecule is C=CCN(C(=O)C1N(CCCCCCO)C(=O)[C@@H]2[C@@H](C(=O)N(CC=C)c3ccc(OCC)cc3)[C@@H]3OC12CC3Br)c1ccc(OC)cc1. The van der Waals surface area contributed by atoms with Crippen LogP contribution < -0.4 is 19.3 Å². The van der Waals surface area contributed by atoms with E-state index >= 15 is 0 Å². The van der Waals surface area contributed by atoms with Gasteiger partial charge in [0, 0.05) is 42.4 Å². The molecule has 0 aliphatic carbocycles. The lowest BCUT2D eigenvalue weighted by atomic mass is 9.70. The Morgan fingerprint density at radius 3 is 2.12 bits per heavy atom. The quantitative estimate of drug-likeness (QED) is 0.137. The van der Waals surface area contributed by atoms with Crippen LogP contribution in [0, 0.1) is 11.8 Å². The third-order valence-electron chi connectivity index (χ3n) is 9.61. The van der Waals surface area contributed by atoms with Crippen molar-refractivity contribution in [1.82, 2.24) is 4.90 Å². The third kappa shape index (κ3) is 6.64. The van der Waals surface area contributed by atoms with Gasteiger partial charge in [0.2, 0.25) is 11.8 Å². The Balaban J connectivity index is 1.53. The number of aliphatic hydroxyl groups excluding tert-OH is 1. The topological polar surface area (TPSA) is 109 Å². The van der Waals surface area contributed by atoms with E-state index in [0.29, 0.717) is 55.3 Å². The molecule has 11 heteroatoms. The summed E-state index contributed by atoms with van der Waals surface area (Å²) in [6, 6.07) is 13.5. The molecule has 3 heterocycles. The highest BCUT2D eigenvalue weighted by atomic mass is 79.9. The average Bonchev–Trinajstić information content (AvgIpc) is 3.69. The number of benzene rings is 2. The van der Waals surface area contributed by atoms with Crippen molar-refractivity contribution in [3.63, 3.8) is 0 Å². The number of anilines is 2. The minimum Gasteiger partial charge on any atom is -0.497 e. The number of unbranched alkanes of at least 4 members (excludes halogenated alkanes) is 3. The molecule has 0 radical (unpaired) electrons. The average molecular weight is 725 g/mol. The second-order valence-corrected chi connectivity index (χ2v) is 13.6. The predicted octanol–water partition coefficient (Wildman–Crippen LogP) is 5.13. The number of rotatable bonds is 17. The number of likely N-dealkylation sites (tertiary alicyclic amines) is 1. The van der Waals surface area contributed by atoms with Gasteiger partial charge in [0.1, 0.15) is 23.1 Å². The van der Waals surface area contributed by atoms with Gasteiger partial charge < -0.3 is 34.0 Å². The molecule has 3 amide bonds. The van der Waals surface area contributed by atoms with Gasteiger partial charge in [-0.3, -0.25) is 14.4 Å². The van der Waals surface area contributed by atoms with E-state index in [1.165, 1.54) is 0 Å². The molecule has 2 aromatic rings. The fourth-order valence-electron chi connectivity index (χ4n) is 7.56. The van der Waals surface area contributed by atoms with Crippen molar-refractivity contribution < 1.29 is 33.7 Å². The molecule has 3 aliphatic rings. The zero-order chi connectivity index (χ0) is 34.4. The van der Waals surface area contributed by atoms with Gasteiger partial charge in [-0.1, -0.05) is 40.9 Å². The summed E-state index contributed by atoms with van der Waals surface area (Å²) in [6.45, 7) is 11.1. The van der Waals surface area contributed by atoms with Gasteiger partial charge in [-0.05, 0) is 74.7 Å². The number of halogens is 1. The van der Waals surface area contributed by atoms with Crippen LogP contribution in [0.15, 0.2) is 73.8 Å².